The molecule has 1 amide bonds. The molecule has 0 saturated carbocycles. The van der Waals surface area contributed by atoms with Gasteiger partial charge in [0.05, 0.1) is 31.2 Å². The Kier molecular flexibility index (Phi) is 14.5. The minimum atomic E-state index is -4.42. The number of unbranched alkanes of at least 4 members (excludes halogenated alkanes) is 3. The molecule has 12 heteroatoms. The molecule has 2 N–H and O–H groups in total. The van der Waals surface area contributed by atoms with Gasteiger partial charge in [-0.3, -0.25) is 20.0 Å². The Labute approximate surface area is 276 Å². The van der Waals surface area contributed by atoms with Crippen LogP contribution < -0.4 is 15.8 Å². The van der Waals surface area contributed by atoms with E-state index in [1.807, 2.05) is 45.9 Å². The zero-order valence-corrected chi connectivity index (χ0v) is 28.3. The van der Waals surface area contributed by atoms with Gasteiger partial charge in [0.2, 0.25) is 6.41 Å². The van der Waals surface area contributed by atoms with Crippen LogP contribution >= 0.6 is 0 Å². The maximum Gasteiger partial charge on any atom is 0.406 e. The van der Waals surface area contributed by atoms with E-state index in [4.69, 9.17) is 9.47 Å². The number of ether oxygens (including phenoxy) is 2. The second-order valence-electron chi connectivity index (χ2n) is 12.9. The fourth-order valence-electron chi connectivity index (χ4n) is 5.88. The molecule has 47 heavy (non-hydrogen) atoms. The number of pyridine rings is 1. The highest BCUT2D eigenvalue weighted by Gasteiger charge is 2.34. The maximum atomic E-state index is 14.0. The molecule has 0 radical (unpaired) electrons. The summed E-state index contributed by atoms with van der Waals surface area (Å²) in [6.07, 6.45) is 3.23. The lowest BCUT2D eigenvalue weighted by Gasteiger charge is -2.29. The first-order valence-electron chi connectivity index (χ1n) is 16.4. The van der Waals surface area contributed by atoms with Crippen molar-refractivity contribution in [3.63, 3.8) is 0 Å². The van der Waals surface area contributed by atoms with Crippen molar-refractivity contribution in [1.82, 2.24) is 20.4 Å². The van der Waals surface area contributed by atoms with Gasteiger partial charge >= 0.3 is 6.18 Å². The van der Waals surface area contributed by atoms with E-state index >= 15 is 0 Å². The van der Waals surface area contributed by atoms with Crippen LogP contribution in [0.3, 0.4) is 0 Å². The lowest BCUT2D eigenvalue weighted by Crippen LogP contribution is -2.36. The first-order valence-corrected chi connectivity index (χ1v) is 16.4. The highest BCUT2D eigenvalue weighted by Crippen LogP contribution is 2.42. The molecule has 1 saturated heterocycles. The molecule has 1 aliphatic rings. The quantitative estimate of drug-likeness (QED) is 0.0992. The number of nitrogens with zero attached hydrogens (tertiary/aromatic N) is 3. The summed E-state index contributed by atoms with van der Waals surface area (Å²) in [5.41, 5.74) is 8.87. The van der Waals surface area contributed by atoms with E-state index in [-0.39, 0.29) is 12.5 Å². The zero-order chi connectivity index (χ0) is 34.5. The van der Waals surface area contributed by atoms with E-state index in [2.05, 4.69) is 27.7 Å². The van der Waals surface area contributed by atoms with Gasteiger partial charge in [-0.05, 0) is 54.7 Å². The van der Waals surface area contributed by atoms with Crippen LogP contribution in [0.15, 0.2) is 36.5 Å². The SMILES string of the molecule is CC(C)c1ncccc1-c1c(CC(C)(C)COC=O)c2cc(N3CCOCC3)ccc2n1CC(F)(F)F.CCCCCCNNC=O. The van der Waals surface area contributed by atoms with E-state index in [1.165, 1.54) is 23.8 Å². The second kappa shape index (κ2) is 18.1. The molecular weight excluding hydrogens is 611 g/mol. The number of morpholine rings is 1. The van der Waals surface area contributed by atoms with Gasteiger partial charge in [-0.1, -0.05) is 53.9 Å². The number of anilines is 1. The molecule has 3 aromatic rings. The third kappa shape index (κ3) is 11.2. The molecule has 0 unspecified atom stereocenters. The molecule has 0 aliphatic carbocycles. The maximum absolute atomic E-state index is 14.0. The van der Waals surface area contributed by atoms with Gasteiger partial charge < -0.3 is 18.9 Å². The Bertz CT molecular complexity index is 1420. The van der Waals surface area contributed by atoms with Gasteiger partial charge in [0, 0.05) is 53.4 Å². The number of aromatic nitrogens is 2. The number of hydrazine groups is 1. The largest absolute Gasteiger partial charge is 0.467 e. The van der Waals surface area contributed by atoms with Gasteiger partial charge in [-0.25, -0.2) is 5.43 Å². The van der Waals surface area contributed by atoms with E-state index in [0.29, 0.717) is 49.3 Å². The van der Waals surface area contributed by atoms with Crippen LogP contribution in [0.1, 0.15) is 77.5 Å². The Hall–Kier alpha value is -3.64. The number of carbonyl (C=O) groups is 2. The number of fused-ring (bicyclic) bond motifs is 1. The normalized spacial score (nSPS) is 13.8. The highest BCUT2D eigenvalue weighted by molar-refractivity contribution is 5.94. The van der Waals surface area contributed by atoms with Gasteiger partial charge in [0.25, 0.3) is 6.47 Å². The molecule has 4 rings (SSSR count). The van der Waals surface area contributed by atoms with Crippen molar-refractivity contribution < 1.29 is 32.2 Å². The number of hydrogen-bond acceptors (Lipinski definition) is 7. The zero-order valence-electron chi connectivity index (χ0n) is 28.3. The first-order chi connectivity index (χ1) is 22.4. The Morgan fingerprint density at radius 1 is 1.09 bits per heavy atom. The Balaban J connectivity index is 0.000000520. The summed E-state index contributed by atoms with van der Waals surface area (Å²) in [6.45, 7) is 13.0. The van der Waals surface area contributed by atoms with Crippen LogP contribution in [-0.4, -0.2) is 68.1 Å². The summed E-state index contributed by atoms with van der Waals surface area (Å²) in [5, 5.41) is 0.765. The van der Waals surface area contributed by atoms with Crippen LogP contribution in [0.4, 0.5) is 18.9 Å². The van der Waals surface area contributed by atoms with Crippen molar-refractivity contribution in [2.45, 2.75) is 85.4 Å². The standard InChI is InChI=1S/C28H34F3N3O3.C7H16N2O/c1-19(2)25-21(6-5-9-32-25)26-23(15-27(3,4)17-37-18-35)22-14-20(33-10-12-36-13-11-33)7-8-24(22)34(26)16-28(29,30)31;1-2-3-4-5-6-8-9-7-10/h5-9,14,18-19H,10-13,15-17H2,1-4H3;7-8H,2-6H2,1H3,(H,9,10). The van der Waals surface area contributed by atoms with Crippen molar-refractivity contribution in [3.05, 3.63) is 47.8 Å². The molecule has 0 spiro atoms. The van der Waals surface area contributed by atoms with E-state index in [0.717, 1.165) is 48.4 Å². The van der Waals surface area contributed by atoms with Crippen molar-refractivity contribution in [2.75, 3.05) is 44.4 Å². The average molecular weight is 662 g/mol. The monoisotopic (exact) mass is 661 g/mol. The van der Waals surface area contributed by atoms with E-state index in [9.17, 15) is 22.8 Å². The van der Waals surface area contributed by atoms with Crippen molar-refractivity contribution >= 4 is 29.5 Å². The van der Waals surface area contributed by atoms with E-state index in [1.54, 1.807) is 18.3 Å². The molecule has 1 aliphatic heterocycles. The van der Waals surface area contributed by atoms with Crippen LogP contribution in [0, 0.1) is 5.41 Å². The van der Waals surface area contributed by atoms with Gasteiger partial charge in [0.1, 0.15) is 6.54 Å². The summed E-state index contributed by atoms with van der Waals surface area (Å²) >= 11 is 0. The van der Waals surface area contributed by atoms with E-state index < -0.39 is 18.1 Å². The van der Waals surface area contributed by atoms with Gasteiger partial charge in [-0.15, -0.1) is 0 Å². The number of halogens is 3. The van der Waals surface area contributed by atoms with Crippen LogP contribution in [0.5, 0.6) is 0 Å². The van der Waals surface area contributed by atoms with Crippen LogP contribution in [-0.2, 0) is 32.0 Å². The van der Waals surface area contributed by atoms with Crippen molar-refractivity contribution in [2.24, 2.45) is 5.41 Å². The number of alkyl halides is 3. The molecule has 0 bridgehead atoms. The molecule has 3 heterocycles. The molecule has 1 fully saturated rings. The number of nitrogens with one attached hydrogen (secondary N) is 2. The predicted molar refractivity (Wildman–Crippen MR) is 179 cm³/mol. The molecule has 260 valence electrons. The summed E-state index contributed by atoms with van der Waals surface area (Å²) in [5.74, 6) is 0.0108. The number of carbonyl (C=O) groups excluding carboxylic acids is 2. The minimum Gasteiger partial charge on any atom is -0.467 e. The molecule has 9 nitrogen and oxygen atoms in total. The molecular formula is C35H50F3N5O4. The molecule has 1 aromatic carbocycles. The number of amides is 1. The predicted octanol–water partition coefficient (Wildman–Crippen LogP) is 6.78. The average Bonchev–Trinajstić information content (AvgIpc) is 3.32. The smallest absolute Gasteiger partial charge is 0.406 e. The number of rotatable bonds is 16. The van der Waals surface area contributed by atoms with Crippen molar-refractivity contribution in [3.8, 4) is 11.3 Å². The van der Waals surface area contributed by atoms with Gasteiger partial charge in [-0.2, -0.15) is 13.2 Å². The van der Waals surface area contributed by atoms with Crippen LogP contribution in [0.2, 0.25) is 0 Å². The van der Waals surface area contributed by atoms with Crippen LogP contribution in [0.25, 0.3) is 22.2 Å². The molecule has 2 aromatic heterocycles. The lowest BCUT2D eigenvalue weighted by atomic mass is 9.84. The number of benzene rings is 1. The highest BCUT2D eigenvalue weighted by atomic mass is 19.4. The third-order valence-corrected chi connectivity index (χ3v) is 8.02. The van der Waals surface area contributed by atoms with Crippen molar-refractivity contribution in [1.29, 1.82) is 0 Å². The lowest BCUT2D eigenvalue weighted by molar-refractivity contribution is -0.139. The summed E-state index contributed by atoms with van der Waals surface area (Å²) < 4.78 is 53.9. The Morgan fingerprint density at radius 2 is 1.83 bits per heavy atom. The number of hydrogen-bond donors (Lipinski definition) is 2. The molecule has 0 atom stereocenters. The fourth-order valence-corrected chi connectivity index (χ4v) is 5.88. The fraction of sp³-hybridized carbons (Fsp3) is 0.571. The second-order valence-corrected chi connectivity index (χ2v) is 12.9. The summed E-state index contributed by atoms with van der Waals surface area (Å²) in [4.78, 5) is 27.4. The summed E-state index contributed by atoms with van der Waals surface area (Å²) in [6, 6.07) is 9.29. The Morgan fingerprint density at radius 3 is 2.47 bits per heavy atom. The topological polar surface area (TPSA) is 97.7 Å². The minimum absolute atomic E-state index is 0.0108. The summed E-state index contributed by atoms with van der Waals surface area (Å²) in [7, 11) is 0. The first kappa shape index (κ1) is 37.8. The third-order valence-electron chi connectivity index (χ3n) is 8.02. The van der Waals surface area contributed by atoms with Gasteiger partial charge in [0.15, 0.2) is 0 Å².